The maximum absolute atomic E-state index is 11.5. The van der Waals surface area contributed by atoms with Gasteiger partial charge in [-0.3, -0.25) is 4.79 Å². The van der Waals surface area contributed by atoms with Gasteiger partial charge in [-0.2, -0.15) is 5.10 Å². The minimum atomic E-state index is -0.435. The summed E-state index contributed by atoms with van der Waals surface area (Å²) in [5.41, 5.74) is 1.07. The highest BCUT2D eigenvalue weighted by atomic mass is 32.2. The van der Waals surface area contributed by atoms with Crippen molar-refractivity contribution in [3.8, 4) is 5.75 Å². The zero-order valence-corrected chi connectivity index (χ0v) is 13.0. The quantitative estimate of drug-likeness (QED) is 0.503. The van der Waals surface area contributed by atoms with E-state index in [0.29, 0.717) is 34.4 Å². The van der Waals surface area contributed by atoms with Gasteiger partial charge in [0.05, 0.1) is 31.2 Å². The summed E-state index contributed by atoms with van der Waals surface area (Å²) >= 11 is 1.29. The number of hydrogen-bond acceptors (Lipinski definition) is 7. The molecule has 0 radical (unpaired) electrons. The predicted molar refractivity (Wildman–Crippen MR) is 84.6 cm³/mol. The Morgan fingerprint density at radius 2 is 2.32 bits per heavy atom. The highest BCUT2D eigenvalue weighted by Gasteiger charge is 2.16. The summed E-state index contributed by atoms with van der Waals surface area (Å²) in [6.07, 6.45) is 1.50. The monoisotopic (exact) mass is 321 g/mol. The van der Waals surface area contributed by atoms with E-state index in [1.165, 1.54) is 25.1 Å². The first-order valence-corrected chi connectivity index (χ1v) is 7.51. The van der Waals surface area contributed by atoms with Crippen LogP contribution in [0.5, 0.6) is 5.75 Å². The second kappa shape index (κ2) is 7.60. The van der Waals surface area contributed by atoms with Crippen LogP contribution in [-0.2, 0) is 9.53 Å². The van der Waals surface area contributed by atoms with Gasteiger partial charge in [-0.1, -0.05) is 11.8 Å². The lowest BCUT2D eigenvalue weighted by molar-refractivity contribution is -0.116. The summed E-state index contributed by atoms with van der Waals surface area (Å²) in [4.78, 5) is 22.6. The topological polar surface area (TPSA) is 89.3 Å². The molecule has 1 saturated heterocycles. The van der Waals surface area contributed by atoms with Crippen LogP contribution in [0.3, 0.4) is 0 Å². The van der Waals surface area contributed by atoms with Gasteiger partial charge in [0, 0.05) is 5.56 Å². The fraction of sp³-hybridized carbons (Fsp3) is 0.286. The summed E-state index contributed by atoms with van der Waals surface area (Å²) in [6, 6.07) is 4.91. The van der Waals surface area contributed by atoms with Crippen molar-refractivity contribution in [2.24, 2.45) is 10.2 Å². The summed E-state index contributed by atoms with van der Waals surface area (Å²) in [7, 11) is 1.32. The number of carbonyl (C=O) groups excluding carboxylic acids is 2. The molecule has 0 aromatic heterocycles. The molecule has 0 spiro atoms. The number of nitrogens with one attached hydrogen (secondary N) is 1. The third kappa shape index (κ3) is 4.08. The average Bonchev–Trinajstić information content (AvgIpc) is 2.93. The standard InChI is InChI=1S/C14H15N3O4S/c1-3-21-11-6-9(13(19)20-2)4-5-10(11)7-15-17-14-16-12(18)8-22-14/h4-7H,3,8H2,1-2H3,(H,16,17,18). The van der Waals surface area contributed by atoms with Crippen molar-refractivity contribution in [2.75, 3.05) is 19.5 Å². The van der Waals surface area contributed by atoms with E-state index in [9.17, 15) is 9.59 Å². The number of thioether (sulfide) groups is 1. The van der Waals surface area contributed by atoms with Crippen LogP contribution in [0.2, 0.25) is 0 Å². The smallest absolute Gasteiger partial charge is 0.337 e. The Morgan fingerprint density at radius 3 is 2.95 bits per heavy atom. The SMILES string of the molecule is CCOc1cc(C(=O)OC)ccc1C=NN=C1NC(=O)CS1. The molecule has 8 heteroatoms. The molecule has 7 nitrogen and oxygen atoms in total. The molecule has 2 rings (SSSR count). The van der Waals surface area contributed by atoms with E-state index in [4.69, 9.17) is 4.74 Å². The Labute approximate surface area is 131 Å². The molecule has 1 aromatic carbocycles. The largest absolute Gasteiger partial charge is 0.493 e. The zero-order chi connectivity index (χ0) is 15.9. The number of methoxy groups -OCH3 is 1. The number of carbonyl (C=O) groups is 2. The molecule has 0 unspecified atom stereocenters. The lowest BCUT2D eigenvalue weighted by Gasteiger charge is -2.08. The Hall–Kier alpha value is -2.35. The van der Waals surface area contributed by atoms with Crippen LogP contribution in [0.1, 0.15) is 22.8 Å². The number of amides is 1. The van der Waals surface area contributed by atoms with Crippen molar-refractivity contribution < 1.29 is 19.1 Å². The first-order chi connectivity index (χ1) is 10.6. The fourth-order valence-electron chi connectivity index (χ4n) is 1.69. The molecule has 0 bridgehead atoms. The van der Waals surface area contributed by atoms with Crippen LogP contribution < -0.4 is 10.1 Å². The first-order valence-electron chi connectivity index (χ1n) is 6.53. The Kier molecular flexibility index (Phi) is 5.54. The molecular formula is C14H15N3O4S. The van der Waals surface area contributed by atoms with Crippen molar-refractivity contribution in [2.45, 2.75) is 6.92 Å². The van der Waals surface area contributed by atoms with E-state index >= 15 is 0 Å². The molecule has 1 fully saturated rings. The normalized spacial score (nSPS) is 16.1. The molecule has 0 atom stereocenters. The van der Waals surface area contributed by atoms with Crippen LogP contribution in [0.4, 0.5) is 0 Å². The number of esters is 1. The molecule has 0 saturated carbocycles. The van der Waals surface area contributed by atoms with Gasteiger partial charge in [0.25, 0.3) is 0 Å². The number of hydrogen-bond donors (Lipinski definition) is 1. The van der Waals surface area contributed by atoms with Crippen molar-refractivity contribution in [1.82, 2.24) is 5.32 Å². The van der Waals surface area contributed by atoms with Crippen LogP contribution in [0, 0.1) is 0 Å². The molecular weight excluding hydrogens is 306 g/mol. The van der Waals surface area contributed by atoms with Crippen LogP contribution in [0.25, 0.3) is 0 Å². The van der Waals surface area contributed by atoms with E-state index in [-0.39, 0.29) is 5.91 Å². The van der Waals surface area contributed by atoms with E-state index < -0.39 is 5.97 Å². The fourth-order valence-corrected chi connectivity index (χ4v) is 2.32. The van der Waals surface area contributed by atoms with E-state index in [2.05, 4.69) is 20.3 Å². The van der Waals surface area contributed by atoms with Gasteiger partial charge in [0.1, 0.15) is 5.75 Å². The zero-order valence-electron chi connectivity index (χ0n) is 12.2. The van der Waals surface area contributed by atoms with E-state index in [0.717, 1.165) is 0 Å². The molecule has 22 heavy (non-hydrogen) atoms. The number of nitrogens with zero attached hydrogens (tertiary/aromatic N) is 2. The van der Waals surface area contributed by atoms with Gasteiger partial charge in [-0.05, 0) is 25.1 Å². The summed E-state index contributed by atoms with van der Waals surface area (Å²) in [5.74, 6) is 0.343. The van der Waals surface area contributed by atoms with Crippen molar-refractivity contribution >= 4 is 35.0 Å². The Morgan fingerprint density at radius 1 is 1.50 bits per heavy atom. The molecule has 0 aliphatic carbocycles. The number of ether oxygens (including phenoxy) is 2. The second-order valence-electron chi connectivity index (χ2n) is 4.16. The van der Waals surface area contributed by atoms with Gasteiger partial charge >= 0.3 is 5.97 Å². The van der Waals surface area contributed by atoms with Gasteiger partial charge in [-0.25, -0.2) is 4.79 Å². The van der Waals surface area contributed by atoms with Crippen molar-refractivity contribution in [3.63, 3.8) is 0 Å². The highest BCUT2D eigenvalue weighted by Crippen LogP contribution is 2.20. The summed E-state index contributed by atoms with van der Waals surface area (Å²) < 4.78 is 10.2. The number of benzene rings is 1. The maximum atomic E-state index is 11.5. The molecule has 1 heterocycles. The maximum Gasteiger partial charge on any atom is 0.337 e. The molecule has 1 amide bonds. The van der Waals surface area contributed by atoms with Gasteiger partial charge in [-0.15, -0.1) is 5.10 Å². The number of amidine groups is 1. The summed E-state index contributed by atoms with van der Waals surface area (Å²) in [5, 5.41) is 10.9. The van der Waals surface area contributed by atoms with Crippen LogP contribution in [-0.4, -0.2) is 42.7 Å². The van der Waals surface area contributed by atoms with Gasteiger partial charge in [0.2, 0.25) is 5.91 Å². The molecule has 116 valence electrons. The van der Waals surface area contributed by atoms with Gasteiger partial charge in [0.15, 0.2) is 5.17 Å². The molecule has 1 aromatic rings. The minimum absolute atomic E-state index is 0.0867. The van der Waals surface area contributed by atoms with E-state index in [1.54, 1.807) is 18.2 Å². The Balaban J connectivity index is 2.18. The molecule has 1 N–H and O–H groups in total. The molecule has 1 aliphatic rings. The third-order valence-corrected chi connectivity index (χ3v) is 3.53. The second-order valence-corrected chi connectivity index (χ2v) is 5.13. The van der Waals surface area contributed by atoms with Crippen LogP contribution in [0.15, 0.2) is 28.4 Å². The highest BCUT2D eigenvalue weighted by molar-refractivity contribution is 8.15. The van der Waals surface area contributed by atoms with Gasteiger partial charge < -0.3 is 14.8 Å². The minimum Gasteiger partial charge on any atom is -0.493 e. The van der Waals surface area contributed by atoms with Crippen LogP contribution >= 0.6 is 11.8 Å². The third-order valence-electron chi connectivity index (χ3n) is 2.67. The Bertz CT molecular complexity index is 643. The van der Waals surface area contributed by atoms with Crippen molar-refractivity contribution in [1.29, 1.82) is 0 Å². The number of rotatable bonds is 5. The molecule has 1 aliphatic heterocycles. The first kappa shape index (κ1) is 16.0. The lowest BCUT2D eigenvalue weighted by Crippen LogP contribution is -2.19. The van der Waals surface area contributed by atoms with E-state index in [1.807, 2.05) is 6.92 Å². The predicted octanol–water partition coefficient (Wildman–Crippen LogP) is 1.42. The lowest BCUT2D eigenvalue weighted by atomic mass is 10.1. The average molecular weight is 321 g/mol. The van der Waals surface area contributed by atoms with Crippen molar-refractivity contribution in [3.05, 3.63) is 29.3 Å². The summed E-state index contributed by atoms with van der Waals surface area (Å²) in [6.45, 7) is 2.29.